The van der Waals surface area contributed by atoms with Crippen LogP contribution in [0.4, 0.5) is 0 Å². The Labute approximate surface area is 136 Å². The van der Waals surface area contributed by atoms with Crippen molar-refractivity contribution in [1.82, 2.24) is 5.32 Å². The molecule has 120 valence electrons. The molecule has 1 aromatic carbocycles. The molecule has 0 amide bonds. The summed E-state index contributed by atoms with van der Waals surface area (Å²) in [6.07, 6.45) is 3.64. The first-order valence-corrected chi connectivity index (χ1v) is 8.59. The maximum atomic E-state index is 6.11. The van der Waals surface area contributed by atoms with Gasteiger partial charge in [0.05, 0.1) is 0 Å². The fourth-order valence-electron chi connectivity index (χ4n) is 2.49. The Bertz CT molecular complexity index is 406. The minimum atomic E-state index is 0.407. The lowest BCUT2D eigenvalue weighted by Crippen LogP contribution is -2.28. The highest BCUT2D eigenvalue weighted by Gasteiger charge is 2.16. The van der Waals surface area contributed by atoms with Crippen molar-refractivity contribution in [2.75, 3.05) is 13.1 Å². The second-order valence-electron chi connectivity index (χ2n) is 7.85. The molecule has 0 aromatic heterocycles. The molecule has 1 aromatic rings. The molecular formula is C19H32ClN. The highest BCUT2D eigenvalue weighted by molar-refractivity contribution is 6.30. The molecule has 0 spiro atoms. The van der Waals surface area contributed by atoms with E-state index in [1.807, 2.05) is 6.07 Å². The largest absolute Gasteiger partial charge is 0.316 e. The van der Waals surface area contributed by atoms with Gasteiger partial charge in [0.2, 0.25) is 0 Å². The zero-order chi connectivity index (χ0) is 15.9. The standard InChI is InChI=1S/C19H32ClN/c1-15(2)13-21-14-17(9-10-19(3,4)5)11-16-7-6-8-18(20)12-16/h6-8,12,15,17,21H,9-11,13-14H2,1-5H3. The van der Waals surface area contributed by atoms with Crippen LogP contribution >= 0.6 is 11.6 Å². The molecule has 2 heteroatoms. The molecule has 0 heterocycles. The molecule has 1 nitrogen and oxygen atoms in total. The van der Waals surface area contributed by atoms with Gasteiger partial charge in [0.25, 0.3) is 0 Å². The lowest BCUT2D eigenvalue weighted by Gasteiger charge is -2.24. The Morgan fingerprint density at radius 2 is 1.86 bits per heavy atom. The summed E-state index contributed by atoms with van der Waals surface area (Å²) in [6.45, 7) is 13.7. The van der Waals surface area contributed by atoms with Gasteiger partial charge in [0.15, 0.2) is 0 Å². The van der Waals surface area contributed by atoms with Crippen molar-refractivity contribution in [3.05, 3.63) is 34.9 Å². The van der Waals surface area contributed by atoms with Crippen LogP contribution in [0.3, 0.4) is 0 Å². The van der Waals surface area contributed by atoms with Crippen molar-refractivity contribution in [2.45, 2.75) is 53.9 Å². The Hall–Kier alpha value is -0.530. The van der Waals surface area contributed by atoms with Gasteiger partial charge in [0.1, 0.15) is 0 Å². The molecule has 1 unspecified atom stereocenters. The average Bonchev–Trinajstić information content (AvgIpc) is 2.34. The summed E-state index contributed by atoms with van der Waals surface area (Å²) in [6, 6.07) is 8.30. The van der Waals surface area contributed by atoms with Gasteiger partial charge in [-0.15, -0.1) is 0 Å². The molecule has 0 saturated heterocycles. The summed E-state index contributed by atoms with van der Waals surface area (Å²) < 4.78 is 0. The summed E-state index contributed by atoms with van der Waals surface area (Å²) in [4.78, 5) is 0. The van der Waals surface area contributed by atoms with Crippen LogP contribution in [0, 0.1) is 17.3 Å². The van der Waals surface area contributed by atoms with Crippen molar-refractivity contribution in [3.63, 3.8) is 0 Å². The van der Waals surface area contributed by atoms with Crippen molar-refractivity contribution >= 4 is 11.6 Å². The van der Waals surface area contributed by atoms with E-state index >= 15 is 0 Å². The third-order valence-corrected chi connectivity index (χ3v) is 3.94. The zero-order valence-corrected chi connectivity index (χ0v) is 15.1. The fourth-order valence-corrected chi connectivity index (χ4v) is 2.70. The number of rotatable bonds is 8. The molecule has 0 aliphatic heterocycles. The molecule has 0 aliphatic rings. The van der Waals surface area contributed by atoms with Crippen LogP contribution in [0.5, 0.6) is 0 Å². The molecule has 21 heavy (non-hydrogen) atoms. The Morgan fingerprint density at radius 1 is 1.14 bits per heavy atom. The first-order chi connectivity index (χ1) is 9.76. The van der Waals surface area contributed by atoms with E-state index in [0.29, 0.717) is 17.3 Å². The third-order valence-electron chi connectivity index (χ3n) is 3.70. The molecule has 0 saturated carbocycles. The number of nitrogens with one attached hydrogen (secondary N) is 1. The lowest BCUT2D eigenvalue weighted by molar-refractivity contribution is 0.311. The number of benzene rings is 1. The first kappa shape index (κ1) is 18.5. The van der Waals surface area contributed by atoms with Crippen LogP contribution in [0.25, 0.3) is 0 Å². The maximum Gasteiger partial charge on any atom is 0.0408 e. The van der Waals surface area contributed by atoms with Crippen LogP contribution in [-0.2, 0) is 6.42 Å². The second kappa shape index (κ2) is 8.80. The van der Waals surface area contributed by atoms with Gasteiger partial charge in [-0.3, -0.25) is 0 Å². The van der Waals surface area contributed by atoms with E-state index in [1.165, 1.54) is 18.4 Å². The molecule has 0 aliphatic carbocycles. The lowest BCUT2D eigenvalue weighted by atomic mass is 9.84. The third kappa shape index (κ3) is 9.16. The van der Waals surface area contributed by atoms with Crippen LogP contribution in [-0.4, -0.2) is 13.1 Å². The highest BCUT2D eigenvalue weighted by atomic mass is 35.5. The van der Waals surface area contributed by atoms with E-state index < -0.39 is 0 Å². The monoisotopic (exact) mass is 309 g/mol. The topological polar surface area (TPSA) is 12.0 Å². The first-order valence-electron chi connectivity index (χ1n) is 8.21. The van der Waals surface area contributed by atoms with E-state index in [4.69, 9.17) is 11.6 Å². The molecule has 0 radical (unpaired) electrons. The fraction of sp³-hybridized carbons (Fsp3) is 0.684. The van der Waals surface area contributed by atoms with Gasteiger partial charge in [-0.2, -0.15) is 0 Å². The van der Waals surface area contributed by atoms with E-state index in [9.17, 15) is 0 Å². The Kier molecular flexibility index (Phi) is 7.76. The number of halogens is 1. The smallest absolute Gasteiger partial charge is 0.0408 e. The molecule has 1 N–H and O–H groups in total. The molecule has 0 fully saturated rings. The van der Waals surface area contributed by atoms with Crippen LogP contribution in [0.15, 0.2) is 24.3 Å². The number of hydrogen-bond donors (Lipinski definition) is 1. The normalized spacial score (nSPS) is 13.7. The molecule has 1 atom stereocenters. The summed E-state index contributed by atoms with van der Waals surface area (Å²) in [7, 11) is 0. The Balaban J connectivity index is 2.57. The van der Waals surface area contributed by atoms with Crippen LogP contribution in [0.2, 0.25) is 5.02 Å². The number of hydrogen-bond acceptors (Lipinski definition) is 1. The second-order valence-corrected chi connectivity index (χ2v) is 8.29. The van der Waals surface area contributed by atoms with Gasteiger partial charge in [-0.05, 0) is 67.3 Å². The zero-order valence-electron chi connectivity index (χ0n) is 14.4. The predicted octanol–water partition coefficient (Wildman–Crippen LogP) is 5.57. The van der Waals surface area contributed by atoms with Crippen molar-refractivity contribution in [2.24, 2.45) is 17.3 Å². The minimum Gasteiger partial charge on any atom is -0.316 e. The van der Waals surface area contributed by atoms with Gasteiger partial charge in [-0.25, -0.2) is 0 Å². The summed E-state index contributed by atoms with van der Waals surface area (Å²) >= 11 is 6.11. The van der Waals surface area contributed by atoms with Crippen LogP contribution < -0.4 is 5.32 Å². The van der Waals surface area contributed by atoms with E-state index in [1.54, 1.807) is 0 Å². The predicted molar refractivity (Wildman–Crippen MR) is 95.0 cm³/mol. The summed E-state index contributed by atoms with van der Waals surface area (Å²) in [5.41, 5.74) is 1.76. The average molecular weight is 310 g/mol. The highest BCUT2D eigenvalue weighted by Crippen LogP contribution is 2.25. The SMILES string of the molecule is CC(C)CNCC(CCC(C)(C)C)Cc1cccc(Cl)c1. The molecular weight excluding hydrogens is 278 g/mol. The van der Waals surface area contributed by atoms with Gasteiger partial charge in [-0.1, -0.05) is 58.4 Å². The van der Waals surface area contributed by atoms with Gasteiger partial charge in [0, 0.05) is 5.02 Å². The molecule has 0 bridgehead atoms. The van der Waals surface area contributed by atoms with Gasteiger partial charge >= 0.3 is 0 Å². The summed E-state index contributed by atoms with van der Waals surface area (Å²) in [5, 5.41) is 4.47. The van der Waals surface area contributed by atoms with Crippen molar-refractivity contribution in [1.29, 1.82) is 0 Å². The van der Waals surface area contributed by atoms with E-state index in [-0.39, 0.29) is 0 Å². The van der Waals surface area contributed by atoms with E-state index in [2.05, 4.69) is 58.1 Å². The van der Waals surface area contributed by atoms with Crippen LogP contribution in [0.1, 0.15) is 53.0 Å². The Morgan fingerprint density at radius 3 is 2.43 bits per heavy atom. The van der Waals surface area contributed by atoms with Crippen molar-refractivity contribution < 1.29 is 0 Å². The van der Waals surface area contributed by atoms with Crippen molar-refractivity contribution in [3.8, 4) is 0 Å². The van der Waals surface area contributed by atoms with E-state index in [0.717, 1.165) is 24.5 Å². The maximum absolute atomic E-state index is 6.11. The quantitative estimate of drug-likeness (QED) is 0.662. The minimum absolute atomic E-state index is 0.407. The molecule has 1 rings (SSSR count). The summed E-state index contributed by atoms with van der Waals surface area (Å²) in [5.74, 6) is 1.39. The van der Waals surface area contributed by atoms with Gasteiger partial charge < -0.3 is 5.32 Å².